The molecule has 1 aliphatic rings. The summed E-state index contributed by atoms with van der Waals surface area (Å²) in [6.45, 7) is 5.43. The lowest BCUT2D eigenvalue weighted by Gasteiger charge is -2.25. The van der Waals surface area contributed by atoms with Gasteiger partial charge in [-0.3, -0.25) is 19.5 Å². The van der Waals surface area contributed by atoms with Crippen molar-refractivity contribution in [2.45, 2.75) is 26.8 Å². The van der Waals surface area contributed by atoms with E-state index in [9.17, 15) is 19.7 Å². The minimum Gasteiger partial charge on any atom is -0.496 e. The molecule has 0 N–H and O–H groups in total. The van der Waals surface area contributed by atoms with Gasteiger partial charge < -0.3 is 13.9 Å². The van der Waals surface area contributed by atoms with Crippen LogP contribution in [0.25, 0.3) is 17.4 Å². The molecule has 0 aliphatic carbocycles. The minimum absolute atomic E-state index is 0.0454. The van der Waals surface area contributed by atoms with Crippen LogP contribution in [-0.4, -0.2) is 29.2 Å². The number of carbonyl (C=O) groups excluding carboxylic acids is 1. The molecule has 5 rings (SSSR count). The standard InChI is InChI=1S/C29H25N3O7S/c1-5-38-28(34)25-17(3)30-29-31(26(25)20-8-6-7-9-22(20)37-4)27(33)24(40-29)15-19-12-13-23(39-19)21-14-18(32(35)36)11-10-16(21)2/h6-15,26H,5H2,1-4H3/b24-15-/t26-/m1/s1. The summed E-state index contributed by atoms with van der Waals surface area (Å²) in [5.41, 5.74) is 2.31. The van der Waals surface area contributed by atoms with Crippen molar-refractivity contribution >= 4 is 29.1 Å². The number of ether oxygens (including phenoxy) is 2. The highest BCUT2D eigenvalue weighted by molar-refractivity contribution is 7.07. The molecule has 204 valence electrons. The fourth-order valence-corrected chi connectivity index (χ4v) is 5.70. The number of hydrogen-bond donors (Lipinski definition) is 0. The van der Waals surface area contributed by atoms with E-state index < -0.39 is 16.9 Å². The SMILES string of the molecule is CCOC(=O)C1=C(C)N=c2s/c(=C\c3ccc(-c4cc([N+](=O)[O-])ccc4C)o3)c(=O)n2[C@@H]1c1ccccc1OC. The Bertz CT molecular complexity index is 1860. The number of hydrogen-bond acceptors (Lipinski definition) is 9. The number of para-hydroxylation sites is 1. The van der Waals surface area contributed by atoms with Crippen LogP contribution in [-0.2, 0) is 9.53 Å². The molecule has 10 nitrogen and oxygen atoms in total. The zero-order valence-electron chi connectivity index (χ0n) is 22.2. The van der Waals surface area contributed by atoms with Gasteiger partial charge in [-0.1, -0.05) is 35.6 Å². The second-order valence-electron chi connectivity index (χ2n) is 9.00. The van der Waals surface area contributed by atoms with Crippen LogP contribution < -0.4 is 19.6 Å². The van der Waals surface area contributed by atoms with E-state index in [1.54, 1.807) is 50.3 Å². The summed E-state index contributed by atoms with van der Waals surface area (Å²) in [6.07, 6.45) is 1.60. The summed E-state index contributed by atoms with van der Waals surface area (Å²) in [5, 5.41) is 11.3. The summed E-state index contributed by atoms with van der Waals surface area (Å²) in [7, 11) is 1.53. The lowest BCUT2D eigenvalue weighted by Crippen LogP contribution is -2.40. The van der Waals surface area contributed by atoms with Gasteiger partial charge in [0, 0.05) is 29.3 Å². The molecule has 0 radical (unpaired) electrons. The van der Waals surface area contributed by atoms with Gasteiger partial charge >= 0.3 is 5.97 Å². The molecule has 0 spiro atoms. The molecule has 0 fully saturated rings. The van der Waals surface area contributed by atoms with Crippen molar-refractivity contribution in [1.82, 2.24) is 4.57 Å². The number of non-ortho nitro benzene ring substituents is 1. The summed E-state index contributed by atoms with van der Waals surface area (Å²) in [5.74, 6) is 0.785. The zero-order valence-corrected chi connectivity index (χ0v) is 23.0. The predicted octanol–water partition coefficient (Wildman–Crippen LogP) is 4.28. The maximum Gasteiger partial charge on any atom is 0.338 e. The Kier molecular flexibility index (Phi) is 7.22. The first-order valence-electron chi connectivity index (χ1n) is 12.4. The van der Waals surface area contributed by atoms with Crippen LogP contribution in [0.3, 0.4) is 0 Å². The molecule has 0 amide bonds. The number of aromatic nitrogens is 1. The number of nitro benzene ring substituents is 1. The molecule has 0 bridgehead atoms. The van der Waals surface area contributed by atoms with Gasteiger partial charge in [0.05, 0.1) is 34.4 Å². The van der Waals surface area contributed by atoms with Crippen molar-refractivity contribution in [1.29, 1.82) is 0 Å². The number of methoxy groups -OCH3 is 1. The summed E-state index contributed by atoms with van der Waals surface area (Å²) < 4.78 is 18.7. The number of allylic oxidation sites excluding steroid dienone is 1. The number of carbonyl (C=O) groups is 1. The van der Waals surface area contributed by atoms with E-state index >= 15 is 0 Å². The van der Waals surface area contributed by atoms with Crippen LogP contribution in [0.1, 0.15) is 36.8 Å². The maximum atomic E-state index is 13.8. The predicted molar refractivity (Wildman–Crippen MR) is 149 cm³/mol. The van der Waals surface area contributed by atoms with Gasteiger partial charge in [0.1, 0.15) is 23.3 Å². The van der Waals surface area contributed by atoms with Crippen LogP contribution in [0.15, 0.2) is 80.1 Å². The normalized spacial score (nSPS) is 15.0. The number of esters is 1. The Morgan fingerprint density at radius 3 is 2.70 bits per heavy atom. The molecular weight excluding hydrogens is 534 g/mol. The number of furan rings is 1. The van der Waals surface area contributed by atoms with Crippen molar-refractivity contribution in [3.05, 3.63) is 113 Å². The third kappa shape index (κ3) is 4.75. The second kappa shape index (κ2) is 10.8. The number of aryl methyl sites for hydroxylation is 1. The zero-order chi connectivity index (χ0) is 28.6. The van der Waals surface area contributed by atoms with E-state index in [4.69, 9.17) is 13.9 Å². The van der Waals surface area contributed by atoms with E-state index in [0.717, 1.165) is 5.56 Å². The fourth-order valence-electron chi connectivity index (χ4n) is 4.67. The molecule has 40 heavy (non-hydrogen) atoms. The van der Waals surface area contributed by atoms with Gasteiger partial charge in [-0.2, -0.15) is 0 Å². The number of fused-ring (bicyclic) bond motifs is 1. The Hall–Kier alpha value is -4.77. The molecule has 1 atom stereocenters. The molecule has 0 saturated carbocycles. The fraction of sp³-hybridized carbons (Fsp3) is 0.207. The Morgan fingerprint density at radius 1 is 1.20 bits per heavy atom. The van der Waals surface area contributed by atoms with Crippen LogP contribution >= 0.6 is 11.3 Å². The lowest BCUT2D eigenvalue weighted by atomic mass is 9.95. The summed E-state index contributed by atoms with van der Waals surface area (Å²) >= 11 is 1.17. The average molecular weight is 560 g/mol. The molecule has 4 aromatic rings. The van der Waals surface area contributed by atoms with E-state index in [1.165, 1.54) is 35.1 Å². The maximum absolute atomic E-state index is 13.8. The quantitative estimate of drug-likeness (QED) is 0.188. The second-order valence-corrected chi connectivity index (χ2v) is 10.0. The van der Waals surface area contributed by atoms with Crippen LogP contribution in [0.2, 0.25) is 0 Å². The third-order valence-electron chi connectivity index (χ3n) is 6.55. The van der Waals surface area contributed by atoms with Gasteiger partial charge in [-0.25, -0.2) is 9.79 Å². The van der Waals surface area contributed by atoms with Crippen molar-refractivity contribution in [2.75, 3.05) is 13.7 Å². The monoisotopic (exact) mass is 559 g/mol. The van der Waals surface area contributed by atoms with Crippen molar-refractivity contribution in [2.24, 2.45) is 4.99 Å². The van der Waals surface area contributed by atoms with E-state index in [2.05, 4.69) is 4.99 Å². The van der Waals surface area contributed by atoms with E-state index in [-0.39, 0.29) is 23.4 Å². The van der Waals surface area contributed by atoms with Gasteiger partial charge in [0.15, 0.2) is 4.80 Å². The summed E-state index contributed by atoms with van der Waals surface area (Å²) in [6, 6.07) is 14.3. The van der Waals surface area contributed by atoms with Gasteiger partial charge in [0.25, 0.3) is 11.2 Å². The number of benzene rings is 2. The molecule has 11 heteroatoms. The van der Waals surface area contributed by atoms with Crippen LogP contribution in [0.4, 0.5) is 5.69 Å². The molecule has 3 heterocycles. The Morgan fingerprint density at radius 2 is 1.98 bits per heavy atom. The first-order valence-corrected chi connectivity index (χ1v) is 13.2. The highest BCUT2D eigenvalue weighted by atomic mass is 32.1. The molecule has 0 saturated heterocycles. The van der Waals surface area contributed by atoms with Gasteiger partial charge in [0.2, 0.25) is 0 Å². The molecule has 2 aromatic heterocycles. The molecule has 0 unspecified atom stereocenters. The number of nitrogens with zero attached hydrogens (tertiary/aromatic N) is 3. The lowest BCUT2D eigenvalue weighted by molar-refractivity contribution is -0.384. The van der Waals surface area contributed by atoms with Crippen molar-refractivity contribution in [3.63, 3.8) is 0 Å². The third-order valence-corrected chi connectivity index (χ3v) is 7.53. The van der Waals surface area contributed by atoms with Crippen LogP contribution in [0, 0.1) is 17.0 Å². The molecule has 1 aliphatic heterocycles. The molecular formula is C29H25N3O7S. The average Bonchev–Trinajstić information content (AvgIpc) is 3.52. The van der Waals surface area contributed by atoms with Crippen molar-refractivity contribution < 1.29 is 23.6 Å². The topological polar surface area (TPSA) is 126 Å². The number of rotatable bonds is 7. The molecule has 2 aromatic carbocycles. The number of nitro groups is 1. The first-order chi connectivity index (χ1) is 19.2. The summed E-state index contributed by atoms with van der Waals surface area (Å²) in [4.78, 5) is 42.7. The van der Waals surface area contributed by atoms with Gasteiger partial charge in [-0.05, 0) is 44.5 Å². The van der Waals surface area contributed by atoms with E-state index in [0.29, 0.717) is 43.4 Å². The largest absolute Gasteiger partial charge is 0.496 e. The first kappa shape index (κ1) is 26.8. The Balaban J connectivity index is 1.65. The minimum atomic E-state index is -0.812. The highest BCUT2D eigenvalue weighted by Gasteiger charge is 2.35. The van der Waals surface area contributed by atoms with Crippen molar-refractivity contribution in [3.8, 4) is 17.1 Å². The van der Waals surface area contributed by atoms with E-state index in [1.807, 2.05) is 19.1 Å². The smallest absolute Gasteiger partial charge is 0.338 e. The van der Waals surface area contributed by atoms with Crippen LogP contribution in [0.5, 0.6) is 5.75 Å². The van der Waals surface area contributed by atoms with Gasteiger partial charge in [-0.15, -0.1) is 0 Å². The Labute approximate surface area is 232 Å². The highest BCUT2D eigenvalue weighted by Crippen LogP contribution is 2.35. The number of thiazole rings is 1.